The molecule has 0 radical (unpaired) electrons. The molecule has 5 nitrogen and oxygen atoms in total. The lowest BCUT2D eigenvalue weighted by Gasteiger charge is -2.30. The van der Waals surface area contributed by atoms with Crippen molar-refractivity contribution in [2.75, 3.05) is 13.1 Å². The Labute approximate surface area is 100 Å². The number of aromatic nitrogens is 1. The summed E-state index contributed by atoms with van der Waals surface area (Å²) in [5.41, 5.74) is -0.708. The fourth-order valence-electron chi connectivity index (χ4n) is 2.11. The molecule has 0 spiro atoms. The van der Waals surface area contributed by atoms with Gasteiger partial charge in [0.05, 0.1) is 18.3 Å². The van der Waals surface area contributed by atoms with Crippen molar-refractivity contribution in [3.8, 4) is 0 Å². The zero-order valence-corrected chi connectivity index (χ0v) is 10.6. The van der Waals surface area contributed by atoms with Crippen LogP contribution in [0.4, 0.5) is 0 Å². The fraction of sp³-hybridized carbons (Fsp3) is 0.667. The Morgan fingerprint density at radius 3 is 2.53 bits per heavy atom. The van der Waals surface area contributed by atoms with Crippen LogP contribution < -0.4 is 0 Å². The summed E-state index contributed by atoms with van der Waals surface area (Å²) in [6.45, 7) is 8.26. The van der Waals surface area contributed by atoms with Gasteiger partial charge in [0.1, 0.15) is 11.3 Å². The lowest BCUT2D eigenvalue weighted by atomic mass is 9.79. The van der Waals surface area contributed by atoms with Gasteiger partial charge in [0.25, 0.3) is 5.91 Å². The monoisotopic (exact) mass is 238 g/mol. The third-order valence-corrected chi connectivity index (χ3v) is 3.81. The van der Waals surface area contributed by atoms with E-state index >= 15 is 0 Å². The first-order chi connectivity index (χ1) is 7.74. The Morgan fingerprint density at radius 2 is 2.12 bits per heavy atom. The van der Waals surface area contributed by atoms with Gasteiger partial charge < -0.3 is 14.5 Å². The van der Waals surface area contributed by atoms with Crippen molar-refractivity contribution >= 4 is 5.91 Å². The summed E-state index contributed by atoms with van der Waals surface area (Å²) in [6, 6.07) is 0. The van der Waals surface area contributed by atoms with Gasteiger partial charge in [0.2, 0.25) is 0 Å². The highest BCUT2D eigenvalue weighted by Gasteiger charge is 2.49. The Bertz CT molecular complexity index is 432. The van der Waals surface area contributed by atoms with Crippen LogP contribution in [0.3, 0.4) is 0 Å². The van der Waals surface area contributed by atoms with Crippen LogP contribution in [-0.4, -0.2) is 39.8 Å². The summed E-state index contributed by atoms with van der Waals surface area (Å²) in [7, 11) is 0. The van der Waals surface area contributed by atoms with Gasteiger partial charge in [-0.1, -0.05) is 19.0 Å². The first kappa shape index (κ1) is 12.1. The average Bonchev–Trinajstić information content (AvgIpc) is 2.68. The minimum absolute atomic E-state index is 0.130. The highest BCUT2D eigenvalue weighted by atomic mass is 16.5. The number of β-amino-alcohol motifs (C(OH)–C–C–N with tert-alkyl or cyclic N) is 1. The minimum Gasteiger partial charge on any atom is -0.388 e. The van der Waals surface area contributed by atoms with Gasteiger partial charge >= 0.3 is 0 Å². The molecule has 0 unspecified atom stereocenters. The van der Waals surface area contributed by atoms with Gasteiger partial charge in [0.15, 0.2) is 0 Å². The van der Waals surface area contributed by atoms with Gasteiger partial charge in [-0.2, -0.15) is 0 Å². The van der Waals surface area contributed by atoms with Crippen molar-refractivity contribution in [3.63, 3.8) is 0 Å². The number of aliphatic hydroxyl groups is 1. The van der Waals surface area contributed by atoms with Crippen molar-refractivity contribution < 1.29 is 14.4 Å². The van der Waals surface area contributed by atoms with Crippen LogP contribution >= 0.6 is 0 Å². The van der Waals surface area contributed by atoms with Gasteiger partial charge in [-0.05, 0) is 13.8 Å². The highest BCUT2D eigenvalue weighted by Crippen LogP contribution is 2.38. The average molecular weight is 238 g/mol. The molecule has 1 saturated heterocycles. The standard InChI is InChI=1S/C12H18N2O3/c1-8-9(5-13-17-8)10(15)14-6-11(2,3)12(4,16)7-14/h5,16H,6-7H2,1-4H3/t12-/m0/s1. The number of carbonyl (C=O) groups is 1. The molecular weight excluding hydrogens is 220 g/mol. The van der Waals surface area contributed by atoms with Crippen molar-refractivity contribution in [3.05, 3.63) is 17.5 Å². The number of amides is 1. The predicted octanol–water partition coefficient (Wildman–Crippen LogP) is 1.22. The molecule has 1 fully saturated rings. The van der Waals surface area contributed by atoms with Crippen LogP contribution in [0.5, 0.6) is 0 Å². The fourth-order valence-corrected chi connectivity index (χ4v) is 2.11. The van der Waals surface area contributed by atoms with E-state index in [1.165, 1.54) is 6.20 Å². The minimum atomic E-state index is -0.867. The Hall–Kier alpha value is -1.36. The molecule has 1 atom stereocenters. The van der Waals surface area contributed by atoms with Crippen molar-refractivity contribution in [1.82, 2.24) is 10.1 Å². The molecule has 5 heteroatoms. The van der Waals surface area contributed by atoms with Gasteiger partial charge in [-0.3, -0.25) is 4.79 Å². The van der Waals surface area contributed by atoms with Crippen molar-refractivity contribution in [2.24, 2.45) is 5.41 Å². The number of likely N-dealkylation sites (tertiary alicyclic amines) is 1. The quantitative estimate of drug-likeness (QED) is 0.798. The zero-order chi connectivity index (χ0) is 12.8. The predicted molar refractivity (Wildman–Crippen MR) is 61.5 cm³/mol. The first-order valence-corrected chi connectivity index (χ1v) is 5.67. The SMILES string of the molecule is Cc1oncc1C(=O)N1CC(C)(C)[C@@](C)(O)C1. The van der Waals surface area contributed by atoms with Crippen molar-refractivity contribution in [1.29, 1.82) is 0 Å². The number of carbonyl (C=O) groups excluding carboxylic acids is 1. The zero-order valence-electron chi connectivity index (χ0n) is 10.6. The number of aryl methyl sites for hydroxylation is 1. The molecule has 1 N–H and O–H groups in total. The summed E-state index contributed by atoms with van der Waals surface area (Å²) in [4.78, 5) is 13.9. The maximum atomic E-state index is 12.2. The van der Waals surface area contributed by atoms with E-state index in [9.17, 15) is 9.90 Å². The van der Waals surface area contributed by atoms with E-state index in [1.807, 2.05) is 13.8 Å². The summed E-state index contributed by atoms with van der Waals surface area (Å²) in [6.07, 6.45) is 1.43. The normalized spacial score (nSPS) is 27.5. The number of rotatable bonds is 1. The summed E-state index contributed by atoms with van der Waals surface area (Å²) < 4.78 is 4.89. The number of nitrogens with zero attached hydrogens (tertiary/aromatic N) is 2. The first-order valence-electron chi connectivity index (χ1n) is 5.67. The smallest absolute Gasteiger partial charge is 0.259 e. The second kappa shape index (κ2) is 3.57. The van der Waals surface area contributed by atoms with Crippen LogP contribution in [0.25, 0.3) is 0 Å². The van der Waals surface area contributed by atoms with Crippen LogP contribution in [0, 0.1) is 12.3 Å². The molecule has 0 bridgehead atoms. The van der Waals surface area contributed by atoms with Gasteiger partial charge in [0, 0.05) is 12.0 Å². The van der Waals surface area contributed by atoms with E-state index in [4.69, 9.17) is 4.52 Å². The van der Waals surface area contributed by atoms with Crippen molar-refractivity contribution in [2.45, 2.75) is 33.3 Å². The molecule has 94 valence electrons. The highest BCUT2D eigenvalue weighted by molar-refractivity contribution is 5.95. The largest absolute Gasteiger partial charge is 0.388 e. The van der Waals surface area contributed by atoms with E-state index in [-0.39, 0.29) is 11.3 Å². The van der Waals surface area contributed by atoms with Crippen LogP contribution in [0.15, 0.2) is 10.7 Å². The molecule has 1 aliphatic heterocycles. The van der Waals surface area contributed by atoms with Gasteiger partial charge in [-0.15, -0.1) is 0 Å². The second-order valence-corrected chi connectivity index (χ2v) is 5.61. The summed E-state index contributed by atoms with van der Waals surface area (Å²) in [5, 5.41) is 13.9. The molecule has 0 aliphatic carbocycles. The topological polar surface area (TPSA) is 66.6 Å². The Morgan fingerprint density at radius 1 is 1.47 bits per heavy atom. The van der Waals surface area contributed by atoms with Crippen LogP contribution in [0.1, 0.15) is 36.9 Å². The molecule has 1 aromatic rings. The maximum Gasteiger partial charge on any atom is 0.259 e. The maximum absolute atomic E-state index is 12.2. The van der Waals surface area contributed by atoms with E-state index < -0.39 is 5.60 Å². The third-order valence-electron chi connectivity index (χ3n) is 3.81. The lowest BCUT2D eigenvalue weighted by Crippen LogP contribution is -2.40. The molecule has 2 rings (SSSR count). The molecular formula is C12H18N2O3. The molecule has 1 aromatic heterocycles. The summed E-state index contributed by atoms with van der Waals surface area (Å²) in [5.74, 6) is 0.383. The molecule has 2 heterocycles. The number of hydrogen-bond acceptors (Lipinski definition) is 4. The van der Waals surface area contributed by atoms with Crippen LogP contribution in [-0.2, 0) is 0 Å². The molecule has 17 heavy (non-hydrogen) atoms. The molecule has 0 saturated carbocycles. The van der Waals surface area contributed by atoms with Crippen LogP contribution in [0.2, 0.25) is 0 Å². The second-order valence-electron chi connectivity index (χ2n) is 5.61. The Kier molecular flexibility index (Phi) is 2.54. The van der Waals surface area contributed by atoms with E-state index in [2.05, 4.69) is 5.16 Å². The molecule has 1 aliphatic rings. The lowest BCUT2D eigenvalue weighted by molar-refractivity contribution is -0.0108. The summed E-state index contributed by atoms with van der Waals surface area (Å²) >= 11 is 0. The van der Waals surface area contributed by atoms with E-state index in [1.54, 1.807) is 18.7 Å². The molecule has 0 aromatic carbocycles. The third kappa shape index (κ3) is 1.84. The van der Waals surface area contributed by atoms with E-state index in [0.29, 0.717) is 24.4 Å². The molecule has 1 amide bonds. The van der Waals surface area contributed by atoms with Gasteiger partial charge in [-0.25, -0.2) is 0 Å². The van der Waals surface area contributed by atoms with E-state index in [0.717, 1.165) is 0 Å². The number of hydrogen-bond donors (Lipinski definition) is 1. The Balaban J connectivity index is 2.23.